The van der Waals surface area contributed by atoms with E-state index in [4.69, 9.17) is 14.2 Å². The van der Waals surface area contributed by atoms with Crippen LogP contribution in [-0.4, -0.2) is 37.9 Å². The second kappa shape index (κ2) is 54.7. The molecule has 0 aromatic rings. The molecule has 0 radical (unpaired) electrons. The maximum absolute atomic E-state index is 12.8. The lowest BCUT2D eigenvalue weighted by molar-refractivity contribution is -0.162. The van der Waals surface area contributed by atoms with E-state index in [1.165, 1.54) is 161 Å². The Hall–Kier alpha value is -2.66. The Labute approximate surface area is 397 Å². The summed E-state index contributed by atoms with van der Waals surface area (Å²) in [6.07, 6.45) is 70.7. The summed E-state index contributed by atoms with van der Waals surface area (Å²) in [6, 6.07) is 0. The monoisotopic (exact) mass is 893 g/mol. The molecule has 370 valence electrons. The number of carbonyl (C=O) groups is 2. The zero-order valence-corrected chi connectivity index (χ0v) is 42.5. The number of allylic oxidation sites excluding steroid dienone is 12. The minimum atomic E-state index is -0.564. The first kappa shape index (κ1) is 61.3. The van der Waals surface area contributed by atoms with Crippen molar-refractivity contribution >= 4 is 11.9 Å². The Morgan fingerprint density at radius 3 is 1.09 bits per heavy atom. The van der Waals surface area contributed by atoms with Gasteiger partial charge in [0.15, 0.2) is 6.10 Å². The van der Waals surface area contributed by atoms with Crippen LogP contribution < -0.4 is 0 Å². The van der Waals surface area contributed by atoms with Crippen LogP contribution >= 0.6 is 0 Å². The van der Waals surface area contributed by atoms with E-state index in [-0.39, 0.29) is 25.2 Å². The summed E-state index contributed by atoms with van der Waals surface area (Å²) < 4.78 is 17.4. The summed E-state index contributed by atoms with van der Waals surface area (Å²) in [5.41, 5.74) is 0. The summed E-state index contributed by atoms with van der Waals surface area (Å²) in [7, 11) is 0. The molecule has 1 atom stereocenters. The lowest BCUT2D eigenvalue weighted by Crippen LogP contribution is -2.30. The summed E-state index contributed by atoms with van der Waals surface area (Å²) in [5, 5.41) is 0. The number of ether oxygens (including phenoxy) is 3. The van der Waals surface area contributed by atoms with Gasteiger partial charge in [0, 0.05) is 19.4 Å². The van der Waals surface area contributed by atoms with Crippen molar-refractivity contribution in [3.8, 4) is 0 Å². The number of rotatable bonds is 50. The molecule has 0 aromatic heterocycles. The van der Waals surface area contributed by atoms with Gasteiger partial charge in [-0.15, -0.1) is 0 Å². The van der Waals surface area contributed by atoms with Gasteiger partial charge in [0.05, 0.1) is 6.61 Å². The minimum absolute atomic E-state index is 0.0474. The van der Waals surface area contributed by atoms with Gasteiger partial charge < -0.3 is 14.2 Å². The van der Waals surface area contributed by atoms with Crippen molar-refractivity contribution < 1.29 is 23.8 Å². The van der Waals surface area contributed by atoms with Gasteiger partial charge in [0.25, 0.3) is 0 Å². The Kier molecular flexibility index (Phi) is 52.4. The number of hydrogen-bond donors (Lipinski definition) is 0. The van der Waals surface area contributed by atoms with Crippen LogP contribution in [0.3, 0.4) is 0 Å². The fourth-order valence-electron chi connectivity index (χ4n) is 7.71. The van der Waals surface area contributed by atoms with Gasteiger partial charge in [-0.05, 0) is 57.8 Å². The van der Waals surface area contributed by atoms with Crippen molar-refractivity contribution in [2.75, 3.05) is 19.8 Å². The van der Waals surface area contributed by atoms with Crippen LogP contribution in [0.25, 0.3) is 0 Å². The molecule has 0 aliphatic heterocycles. The fourth-order valence-corrected chi connectivity index (χ4v) is 7.71. The highest BCUT2D eigenvalue weighted by Crippen LogP contribution is 2.16. The molecule has 0 aliphatic carbocycles. The van der Waals surface area contributed by atoms with E-state index >= 15 is 0 Å². The first-order valence-corrected chi connectivity index (χ1v) is 27.5. The van der Waals surface area contributed by atoms with E-state index < -0.39 is 6.10 Å². The summed E-state index contributed by atoms with van der Waals surface area (Å²) >= 11 is 0. The first-order chi connectivity index (χ1) is 31.6. The smallest absolute Gasteiger partial charge is 0.306 e. The second-order valence-corrected chi connectivity index (χ2v) is 18.1. The predicted octanol–water partition coefficient (Wildman–Crippen LogP) is 18.7. The minimum Gasteiger partial charge on any atom is -0.462 e. The zero-order chi connectivity index (χ0) is 46.3. The van der Waals surface area contributed by atoms with Crippen molar-refractivity contribution in [1.29, 1.82) is 0 Å². The van der Waals surface area contributed by atoms with Crippen molar-refractivity contribution in [2.45, 2.75) is 271 Å². The standard InChI is InChI=1S/C59H104O5/c1-4-7-10-13-16-19-22-25-27-29-30-32-33-35-37-40-43-46-49-52-58(60)63-56-57(55-62-54-51-48-45-42-39-24-21-18-15-12-9-6-3)64-59(61)53-50-47-44-41-38-36-34-31-28-26-23-20-17-14-11-8-5-2/h7,10,16,19,25,27,30,32,35,37,43,46,57H,4-6,8-9,11-15,17-18,20-24,26,28-29,31,33-34,36,38-42,44-45,47-56H2,1-3H3/b10-7-,19-16-,27-25-,32-30-,37-35-,46-43-. The molecule has 0 heterocycles. The van der Waals surface area contributed by atoms with Crippen LogP contribution in [-0.2, 0) is 23.8 Å². The van der Waals surface area contributed by atoms with Crippen LogP contribution in [0.1, 0.15) is 265 Å². The fraction of sp³-hybridized carbons (Fsp3) is 0.763. The van der Waals surface area contributed by atoms with Gasteiger partial charge in [0.2, 0.25) is 0 Å². The molecular formula is C59H104O5. The highest BCUT2D eigenvalue weighted by atomic mass is 16.6. The van der Waals surface area contributed by atoms with Crippen molar-refractivity contribution in [1.82, 2.24) is 0 Å². The molecule has 0 saturated heterocycles. The topological polar surface area (TPSA) is 61.8 Å². The van der Waals surface area contributed by atoms with E-state index in [0.29, 0.717) is 25.9 Å². The predicted molar refractivity (Wildman–Crippen MR) is 279 cm³/mol. The lowest BCUT2D eigenvalue weighted by atomic mass is 10.0. The number of unbranched alkanes of at least 4 members (excludes halogenated alkanes) is 27. The molecule has 0 fully saturated rings. The normalized spacial score (nSPS) is 12.7. The highest BCUT2D eigenvalue weighted by Gasteiger charge is 2.17. The third-order valence-corrected chi connectivity index (χ3v) is 11.8. The first-order valence-electron chi connectivity index (χ1n) is 27.5. The quantitative estimate of drug-likeness (QED) is 0.0346. The zero-order valence-electron chi connectivity index (χ0n) is 42.5. The van der Waals surface area contributed by atoms with Crippen LogP contribution in [0, 0.1) is 0 Å². The van der Waals surface area contributed by atoms with Gasteiger partial charge in [-0.2, -0.15) is 0 Å². The molecule has 5 nitrogen and oxygen atoms in total. The summed E-state index contributed by atoms with van der Waals surface area (Å²) in [6.45, 7) is 7.67. The van der Waals surface area contributed by atoms with Gasteiger partial charge in [-0.25, -0.2) is 0 Å². The Balaban J connectivity index is 4.34. The molecule has 0 spiro atoms. The average Bonchev–Trinajstić information content (AvgIpc) is 3.30. The van der Waals surface area contributed by atoms with Crippen LogP contribution in [0.5, 0.6) is 0 Å². The number of hydrogen-bond acceptors (Lipinski definition) is 5. The molecule has 0 N–H and O–H groups in total. The van der Waals surface area contributed by atoms with Crippen LogP contribution in [0.15, 0.2) is 72.9 Å². The van der Waals surface area contributed by atoms with E-state index in [0.717, 1.165) is 64.2 Å². The maximum atomic E-state index is 12.8. The second-order valence-electron chi connectivity index (χ2n) is 18.1. The summed E-state index contributed by atoms with van der Waals surface area (Å²) in [4.78, 5) is 25.4. The molecule has 64 heavy (non-hydrogen) atoms. The average molecular weight is 893 g/mol. The molecule has 1 unspecified atom stereocenters. The van der Waals surface area contributed by atoms with Crippen LogP contribution in [0.4, 0.5) is 0 Å². The highest BCUT2D eigenvalue weighted by molar-refractivity contribution is 5.70. The van der Waals surface area contributed by atoms with E-state index in [1.54, 1.807) is 0 Å². The van der Waals surface area contributed by atoms with Crippen molar-refractivity contribution in [3.63, 3.8) is 0 Å². The maximum Gasteiger partial charge on any atom is 0.306 e. The van der Waals surface area contributed by atoms with Gasteiger partial charge in [-0.3, -0.25) is 9.59 Å². The molecule has 0 saturated carbocycles. The van der Waals surface area contributed by atoms with Crippen molar-refractivity contribution in [3.05, 3.63) is 72.9 Å². The van der Waals surface area contributed by atoms with Gasteiger partial charge in [-0.1, -0.05) is 267 Å². The Bertz CT molecular complexity index is 1150. The van der Waals surface area contributed by atoms with Gasteiger partial charge >= 0.3 is 11.9 Å². The molecule has 0 aromatic carbocycles. The third-order valence-electron chi connectivity index (χ3n) is 11.8. The molecule has 0 rings (SSSR count). The van der Waals surface area contributed by atoms with E-state index in [1.807, 2.05) is 6.08 Å². The molecule has 0 bridgehead atoms. The van der Waals surface area contributed by atoms with Gasteiger partial charge in [0.1, 0.15) is 6.61 Å². The molecular weight excluding hydrogens is 789 g/mol. The Morgan fingerprint density at radius 1 is 0.359 bits per heavy atom. The number of esters is 2. The number of carbonyl (C=O) groups excluding carboxylic acids is 2. The Morgan fingerprint density at radius 2 is 0.703 bits per heavy atom. The van der Waals surface area contributed by atoms with Crippen LogP contribution in [0.2, 0.25) is 0 Å². The van der Waals surface area contributed by atoms with E-state index in [9.17, 15) is 9.59 Å². The third kappa shape index (κ3) is 52.0. The lowest BCUT2D eigenvalue weighted by Gasteiger charge is -2.18. The molecule has 0 aliphatic rings. The largest absolute Gasteiger partial charge is 0.462 e. The SMILES string of the molecule is CC/C=C\C/C=C\C/C=C\C/C=C\C/C=C\C/C=C\CCC(=O)OCC(COCCCCCCCCCCCCCC)OC(=O)CCCCCCCCCCCCCCCCCCC. The molecule has 5 heteroatoms. The summed E-state index contributed by atoms with van der Waals surface area (Å²) in [5.74, 6) is -0.483. The molecule has 0 amide bonds. The van der Waals surface area contributed by atoms with Crippen molar-refractivity contribution in [2.24, 2.45) is 0 Å². The van der Waals surface area contributed by atoms with E-state index in [2.05, 4.69) is 87.6 Å².